The number of carbonyl (C=O) groups is 2. The van der Waals surface area contributed by atoms with Gasteiger partial charge in [-0.1, -0.05) is 24.3 Å². The molecular formula is C29H25N3O3. The highest BCUT2D eigenvalue weighted by Crippen LogP contribution is 2.31. The molecule has 0 spiro atoms. The highest BCUT2D eigenvalue weighted by Gasteiger charge is 2.25. The van der Waals surface area contributed by atoms with Crippen LogP contribution >= 0.6 is 0 Å². The van der Waals surface area contributed by atoms with Crippen molar-refractivity contribution in [3.8, 4) is 16.9 Å². The van der Waals surface area contributed by atoms with Crippen molar-refractivity contribution < 1.29 is 14.3 Å². The Balaban J connectivity index is 1.23. The minimum atomic E-state index is -0.0840. The van der Waals surface area contributed by atoms with Crippen LogP contribution in [-0.4, -0.2) is 40.9 Å². The maximum Gasteiger partial charge on any atom is 0.254 e. The first-order chi connectivity index (χ1) is 17.1. The highest BCUT2D eigenvalue weighted by atomic mass is 16.5. The maximum absolute atomic E-state index is 13.3. The molecule has 6 rings (SSSR count). The van der Waals surface area contributed by atoms with Crippen molar-refractivity contribution in [1.82, 2.24) is 15.2 Å². The van der Waals surface area contributed by atoms with Crippen molar-refractivity contribution in [3.05, 3.63) is 95.7 Å². The summed E-state index contributed by atoms with van der Waals surface area (Å²) < 4.78 is 5.96. The summed E-state index contributed by atoms with van der Waals surface area (Å²) in [5.41, 5.74) is 5.11. The molecule has 35 heavy (non-hydrogen) atoms. The number of benzene rings is 3. The number of amides is 2. The Bertz CT molecular complexity index is 1430. The summed E-state index contributed by atoms with van der Waals surface area (Å²) >= 11 is 0. The van der Waals surface area contributed by atoms with Crippen molar-refractivity contribution in [2.75, 3.05) is 13.2 Å². The van der Waals surface area contributed by atoms with Gasteiger partial charge in [-0.25, -0.2) is 0 Å². The van der Waals surface area contributed by atoms with Gasteiger partial charge in [0.15, 0.2) is 0 Å². The first-order valence-corrected chi connectivity index (χ1v) is 12.0. The molecule has 2 heterocycles. The van der Waals surface area contributed by atoms with Crippen LogP contribution in [0.15, 0.2) is 79.0 Å². The fourth-order valence-corrected chi connectivity index (χ4v) is 4.42. The van der Waals surface area contributed by atoms with Gasteiger partial charge in [0.05, 0.1) is 12.1 Å². The van der Waals surface area contributed by atoms with E-state index in [0.717, 1.165) is 46.2 Å². The van der Waals surface area contributed by atoms with Gasteiger partial charge in [0.1, 0.15) is 12.4 Å². The third kappa shape index (κ3) is 4.47. The zero-order valence-corrected chi connectivity index (χ0v) is 19.2. The Kier molecular flexibility index (Phi) is 5.41. The van der Waals surface area contributed by atoms with Crippen LogP contribution in [0.1, 0.15) is 39.1 Å². The Labute approximate surface area is 203 Å². The second kappa shape index (κ2) is 8.87. The minimum absolute atomic E-state index is 0.0756. The molecule has 6 heteroatoms. The van der Waals surface area contributed by atoms with Crippen molar-refractivity contribution in [3.63, 3.8) is 0 Å². The Morgan fingerprint density at radius 1 is 0.914 bits per heavy atom. The smallest absolute Gasteiger partial charge is 0.254 e. The second-order valence-electron chi connectivity index (χ2n) is 9.14. The molecule has 2 aliphatic rings. The number of nitrogens with zero attached hydrogens (tertiary/aromatic N) is 2. The topological polar surface area (TPSA) is 71.5 Å². The molecule has 1 N–H and O–H groups in total. The van der Waals surface area contributed by atoms with Gasteiger partial charge in [-0.3, -0.25) is 14.6 Å². The lowest BCUT2D eigenvalue weighted by molar-refractivity contribution is 0.0732. The Morgan fingerprint density at radius 3 is 2.54 bits per heavy atom. The quantitative estimate of drug-likeness (QED) is 0.471. The lowest BCUT2D eigenvalue weighted by Gasteiger charge is -2.20. The van der Waals surface area contributed by atoms with E-state index in [2.05, 4.69) is 28.5 Å². The number of ether oxygens (including phenoxy) is 1. The summed E-state index contributed by atoms with van der Waals surface area (Å²) in [4.78, 5) is 31.9. The molecule has 6 nitrogen and oxygen atoms in total. The molecule has 4 aromatic rings. The summed E-state index contributed by atoms with van der Waals surface area (Å²) in [6.07, 6.45) is 3.96. The van der Waals surface area contributed by atoms with Gasteiger partial charge in [-0.2, -0.15) is 0 Å². The number of hydrogen-bond donors (Lipinski definition) is 1. The summed E-state index contributed by atoms with van der Waals surface area (Å²) in [6.45, 7) is 1.37. The van der Waals surface area contributed by atoms with Crippen molar-refractivity contribution >= 4 is 22.7 Å². The van der Waals surface area contributed by atoms with Gasteiger partial charge in [-0.15, -0.1) is 0 Å². The summed E-state index contributed by atoms with van der Waals surface area (Å²) in [6, 6.07) is 23.5. The molecule has 1 saturated carbocycles. The van der Waals surface area contributed by atoms with E-state index in [4.69, 9.17) is 4.74 Å². The van der Waals surface area contributed by atoms with Crippen LogP contribution in [0.2, 0.25) is 0 Å². The molecule has 3 aromatic carbocycles. The van der Waals surface area contributed by atoms with Gasteiger partial charge in [0.25, 0.3) is 11.8 Å². The average Bonchev–Trinajstić information content (AvgIpc) is 3.74. The monoisotopic (exact) mass is 463 g/mol. The second-order valence-corrected chi connectivity index (χ2v) is 9.14. The Morgan fingerprint density at radius 2 is 1.71 bits per heavy atom. The largest absolute Gasteiger partial charge is 0.491 e. The van der Waals surface area contributed by atoms with Crippen LogP contribution < -0.4 is 10.1 Å². The maximum atomic E-state index is 13.3. The Hall–Kier alpha value is -4.19. The number of fused-ring (bicyclic) bond motifs is 2. The van der Waals surface area contributed by atoms with E-state index < -0.39 is 0 Å². The third-order valence-electron chi connectivity index (χ3n) is 6.56. The van der Waals surface area contributed by atoms with Gasteiger partial charge >= 0.3 is 0 Å². The first-order valence-electron chi connectivity index (χ1n) is 12.0. The van der Waals surface area contributed by atoms with E-state index in [1.165, 1.54) is 0 Å². The number of nitrogens with one attached hydrogen (secondary N) is 1. The molecule has 2 amide bonds. The van der Waals surface area contributed by atoms with Crippen LogP contribution in [-0.2, 0) is 6.54 Å². The number of aromatic nitrogens is 1. The lowest BCUT2D eigenvalue weighted by atomic mass is 10.0. The molecule has 0 radical (unpaired) electrons. The number of rotatable bonds is 4. The molecule has 1 aromatic heterocycles. The number of hydrogen-bond acceptors (Lipinski definition) is 4. The summed E-state index contributed by atoms with van der Waals surface area (Å²) in [5, 5.41) is 4.06. The molecule has 0 atom stereocenters. The third-order valence-corrected chi connectivity index (χ3v) is 6.56. The van der Waals surface area contributed by atoms with E-state index in [-0.39, 0.29) is 11.8 Å². The van der Waals surface area contributed by atoms with Crippen LogP contribution in [0.5, 0.6) is 5.75 Å². The van der Waals surface area contributed by atoms with E-state index in [1.807, 2.05) is 36.5 Å². The van der Waals surface area contributed by atoms with Crippen LogP contribution in [0.4, 0.5) is 0 Å². The highest BCUT2D eigenvalue weighted by molar-refractivity contribution is 5.98. The molecule has 1 fully saturated rings. The number of pyridine rings is 1. The standard InChI is InChI=1S/C29H25N3O3/c33-28(31-25-10-11-25)19-5-7-20(8-6-19)29(34)32-13-14-35-27-12-9-21(15-24(27)18-32)23-16-22-3-1-2-4-26(22)30-17-23/h1-9,12,15-17,25H,10-11,13-14,18H2,(H,31,33). The fourth-order valence-electron chi connectivity index (χ4n) is 4.42. The predicted octanol–water partition coefficient (Wildman–Crippen LogP) is 4.83. The zero-order valence-electron chi connectivity index (χ0n) is 19.2. The van der Waals surface area contributed by atoms with Crippen LogP contribution in [0.25, 0.3) is 22.0 Å². The molecule has 1 aliphatic heterocycles. The SMILES string of the molecule is O=C(NC1CC1)c1ccc(C(=O)N2CCOc3ccc(-c4cnc5ccccc5c4)cc3C2)cc1. The number of para-hydroxylation sites is 1. The lowest BCUT2D eigenvalue weighted by Crippen LogP contribution is -2.32. The fraction of sp³-hybridized carbons (Fsp3) is 0.207. The van der Waals surface area contributed by atoms with Crippen LogP contribution in [0.3, 0.4) is 0 Å². The van der Waals surface area contributed by atoms with E-state index in [9.17, 15) is 9.59 Å². The van der Waals surface area contributed by atoms with Gasteiger partial charge in [0, 0.05) is 46.4 Å². The molecule has 0 bridgehead atoms. The zero-order chi connectivity index (χ0) is 23.8. The van der Waals surface area contributed by atoms with Gasteiger partial charge < -0.3 is 15.0 Å². The summed E-state index contributed by atoms with van der Waals surface area (Å²) in [7, 11) is 0. The van der Waals surface area contributed by atoms with E-state index in [0.29, 0.717) is 36.9 Å². The molecule has 1 aliphatic carbocycles. The molecule has 0 unspecified atom stereocenters. The van der Waals surface area contributed by atoms with Crippen molar-refractivity contribution in [2.24, 2.45) is 0 Å². The van der Waals surface area contributed by atoms with Crippen LogP contribution in [0, 0.1) is 0 Å². The molecule has 0 saturated heterocycles. The average molecular weight is 464 g/mol. The van der Waals surface area contributed by atoms with Gasteiger partial charge in [0.2, 0.25) is 0 Å². The molecular weight excluding hydrogens is 438 g/mol. The van der Waals surface area contributed by atoms with Crippen molar-refractivity contribution in [2.45, 2.75) is 25.4 Å². The van der Waals surface area contributed by atoms with Gasteiger partial charge in [-0.05, 0) is 66.9 Å². The minimum Gasteiger partial charge on any atom is -0.491 e. The van der Waals surface area contributed by atoms with E-state index in [1.54, 1.807) is 29.2 Å². The number of carbonyl (C=O) groups excluding carboxylic acids is 2. The molecule has 174 valence electrons. The summed E-state index contributed by atoms with van der Waals surface area (Å²) in [5.74, 6) is 0.637. The predicted molar refractivity (Wildman–Crippen MR) is 134 cm³/mol. The van der Waals surface area contributed by atoms with E-state index >= 15 is 0 Å². The first kappa shape index (κ1) is 21.4. The van der Waals surface area contributed by atoms with Crippen molar-refractivity contribution in [1.29, 1.82) is 0 Å². The normalized spacial score (nSPS) is 15.1.